The Morgan fingerprint density at radius 1 is 0.840 bits per heavy atom. The fourth-order valence-corrected chi connectivity index (χ4v) is 2.92. The molecule has 126 valence electrons. The molecule has 0 spiro atoms. The largest absolute Gasteiger partial charge is 0.328 e. The van der Waals surface area contributed by atoms with Crippen molar-refractivity contribution in [2.75, 3.05) is 11.9 Å². The molecule has 25 heavy (non-hydrogen) atoms. The molecule has 0 bridgehead atoms. The minimum Gasteiger partial charge on any atom is -0.328 e. The molecule has 1 amide bonds. The zero-order valence-electron chi connectivity index (χ0n) is 14.4. The molecule has 0 aromatic heterocycles. The Morgan fingerprint density at radius 3 is 1.92 bits per heavy atom. The van der Waals surface area contributed by atoms with Gasteiger partial charge in [-0.15, -0.1) is 0 Å². The second kappa shape index (κ2) is 8.27. The van der Waals surface area contributed by atoms with Gasteiger partial charge in [0, 0.05) is 16.8 Å². The molecule has 0 saturated carbocycles. The summed E-state index contributed by atoms with van der Waals surface area (Å²) in [5, 5.41) is 5.08. The molecule has 3 aromatic carbocycles. The Kier molecular flexibility index (Phi) is 5.60. The normalized spacial score (nSPS) is 10.6. The summed E-state index contributed by atoms with van der Waals surface area (Å²) >= 11 is 0. The summed E-state index contributed by atoms with van der Waals surface area (Å²) in [6, 6.07) is 28.5. The number of anilines is 1. The van der Waals surface area contributed by atoms with Crippen LogP contribution in [0.5, 0.6) is 0 Å². The Morgan fingerprint density at radius 2 is 1.36 bits per heavy atom. The van der Waals surface area contributed by atoms with Gasteiger partial charge in [-0.1, -0.05) is 78.9 Å². The summed E-state index contributed by atoms with van der Waals surface area (Å²) in [5.74, 6) is 0.00571. The van der Waals surface area contributed by atoms with Crippen LogP contribution in [-0.4, -0.2) is 12.5 Å². The molecule has 3 N–H and O–H groups in total. The van der Waals surface area contributed by atoms with E-state index in [0.717, 1.165) is 11.3 Å². The quantitative estimate of drug-likeness (QED) is 0.715. The van der Waals surface area contributed by atoms with Gasteiger partial charge in [-0.05, 0) is 18.6 Å². The highest BCUT2D eigenvalue weighted by molar-refractivity contribution is 5.92. The predicted molar refractivity (Wildman–Crippen MR) is 101 cm³/mol. The molecule has 0 aliphatic carbocycles. The van der Waals surface area contributed by atoms with Gasteiger partial charge in [0.1, 0.15) is 6.04 Å². The lowest BCUT2D eigenvalue weighted by Crippen LogP contribution is -2.87. The van der Waals surface area contributed by atoms with Crippen molar-refractivity contribution in [1.82, 2.24) is 0 Å². The van der Waals surface area contributed by atoms with E-state index in [9.17, 15) is 4.79 Å². The predicted octanol–water partition coefficient (Wildman–Crippen LogP) is 3.29. The highest BCUT2D eigenvalue weighted by Gasteiger charge is 2.18. The van der Waals surface area contributed by atoms with E-state index in [2.05, 4.69) is 34.9 Å². The maximum absolute atomic E-state index is 12.4. The number of nitrogens with one attached hydrogen (secondary N) is 1. The number of para-hydroxylation sites is 1. The van der Waals surface area contributed by atoms with Gasteiger partial charge in [-0.25, -0.2) is 0 Å². The van der Waals surface area contributed by atoms with Crippen LogP contribution in [0.25, 0.3) is 0 Å². The van der Waals surface area contributed by atoms with Crippen LogP contribution in [0.3, 0.4) is 0 Å². The van der Waals surface area contributed by atoms with Gasteiger partial charge in [0.25, 0.3) is 5.91 Å². The van der Waals surface area contributed by atoms with Crippen molar-refractivity contribution in [1.29, 1.82) is 0 Å². The summed E-state index contributed by atoms with van der Waals surface area (Å²) in [4.78, 5) is 12.4. The molecule has 0 unspecified atom stereocenters. The molecule has 0 aliphatic heterocycles. The number of benzene rings is 3. The van der Waals surface area contributed by atoms with Crippen LogP contribution in [0.15, 0.2) is 84.9 Å². The Labute approximate surface area is 148 Å². The number of nitrogens with two attached hydrogens (primary N) is 1. The number of carbonyl (C=O) groups excluding carboxylic acids is 1. The average molecular weight is 331 g/mol. The number of hydrogen-bond acceptors (Lipinski definition) is 1. The lowest BCUT2D eigenvalue weighted by molar-refractivity contribution is -0.676. The van der Waals surface area contributed by atoms with E-state index in [4.69, 9.17) is 0 Å². The number of amides is 1. The van der Waals surface area contributed by atoms with Crippen LogP contribution in [-0.2, 0) is 4.79 Å². The summed E-state index contributed by atoms with van der Waals surface area (Å²) in [6.45, 7) is 2.36. The maximum Gasteiger partial charge on any atom is 0.279 e. The first kappa shape index (κ1) is 16.9. The summed E-state index contributed by atoms with van der Waals surface area (Å²) in [6.07, 6.45) is 0. The van der Waals surface area contributed by atoms with Crippen molar-refractivity contribution in [2.24, 2.45) is 0 Å². The molecule has 0 atom stereocenters. The number of carbonyl (C=O) groups is 1. The molecule has 3 aromatic rings. The van der Waals surface area contributed by atoms with Crippen LogP contribution < -0.4 is 10.6 Å². The van der Waals surface area contributed by atoms with Crippen molar-refractivity contribution in [2.45, 2.75) is 13.0 Å². The second-order valence-electron chi connectivity index (χ2n) is 6.10. The van der Waals surface area contributed by atoms with Crippen molar-refractivity contribution in [3.05, 3.63) is 102 Å². The highest BCUT2D eigenvalue weighted by atomic mass is 16.1. The lowest BCUT2D eigenvalue weighted by atomic mass is 9.99. The average Bonchev–Trinajstić information content (AvgIpc) is 2.66. The van der Waals surface area contributed by atoms with Gasteiger partial charge in [-0.2, -0.15) is 0 Å². The first-order chi connectivity index (χ1) is 12.2. The zero-order chi connectivity index (χ0) is 17.5. The summed E-state index contributed by atoms with van der Waals surface area (Å²) < 4.78 is 0. The molecule has 3 rings (SSSR count). The fourth-order valence-electron chi connectivity index (χ4n) is 2.92. The minimum absolute atomic E-state index is 0.00571. The zero-order valence-corrected chi connectivity index (χ0v) is 14.4. The van der Waals surface area contributed by atoms with E-state index in [1.807, 2.05) is 67.6 Å². The maximum atomic E-state index is 12.4. The summed E-state index contributed by atoms with van der Waals surface area (Å²) in [5.41, 5.74) is 4.32. The smallest absolute Gasteiger partial charge is 0.279 e. The third kappa shape index (κ3) is 4.55. The molecule has 3 heteroatoms. The van der Waals surface area contributed by atoms with E-state index in [0.29, 0.717) is 6.54 Å². The lowest BCUT2D eigenvalue weighted by Gasteiger charge is -2.16. The van der Waals surface area contributed by atoms with E-state index >= 15 is 0 Å². The summed E-state index contributed by atoms with van der Waals surface area (Å²) in [7, 11) is 0. The van der Waals surface area contributed by atoms with Gasteiger partial charge in [0.2, 0.25) is 0 Å². The molecular weight excluding hydrogens is 308 g/mol. The van der Waals surface area contributed by atoms with Crippen molar-refractivity contribution < 1.29 is 10.1 Å². The number of hydrogen-bond donors (Lipinski definition) is 2. The second-order valence-corrected chi connectivity index (χ2v) is 6.10. The fraction of sp³-hybridized carbons (Fsp3) is 0.136. The van der Waals surface area contributed by atoms with Crippen molar-refractivity contribution in [3.63, 3.8) is 0 Å². The van der Waals surface area contributed by atoms with E-state index < -0.39 is 0 Å². The molecule has 3 nitrogen and oxygen atoms in total. The molecule has 0 radical (unpaired) electrons. The van der Waals surface area contributed by atoms with Gasteiger partial charge >= 0.3 is 0 Å². The first-order valence-corrected chi connectivity index (χ1v) is 8.53. The Hall–Kier alpha value is -2.91. The Balaban J connectivity index is 1.71. The molecule has 0 aliphatic rings. The number of rotatable bonds is 6. The van der Waals surface area contributed by atoms with E-state index in [-0.39, 0.29) is 11.9 Å². The third-order valence-corrected chi connectivity index (χ3v) is 4.28. The van der Waals surface area contributed by atoms with Crippen LogP contribution in [0.4, 0.5) is 5.69 Å². The van der Waals surface area contributed by atoms with Gasteiger partial charge in [0.15, 0.2) is 6.54 Å². The van der Waals surface area contributed by atoms with Gasteiger partial charge < -0.3 is 10.6 Å². The van der Waals surface area contributed by atoms with E-state index in [1.54, 1.807) is 0 Å². The van der Waals surface area contributed by atoms with Crippen LogP contribution in [0.2, 0.25) is 0 Å². The number of aryl methyl sites for hydroxylation is 1. The highest BCUT2D eigenvalue weighted by Crippen LogP contribution is 2.17. The molecule has 0 heterocycles. The Bertz CT molecular complexity index is 776. The SMILES string of the molecule is Cc1ccccc1NC(=O)C[NH2+]C(c1ccccc1)c1ccccc1. The third-order valence-electron chi connectivity index (χ3n) is 4.28. The monoisotopic (exact) mass is 331 g/mol. The minimum atomic E-state index is 0.00571. The van der Waals surface area contributed by atoms with Gasteiger partial charge in [-0.3, -0.25) is 4.79 Å². The van der Waals surface area contributed by atoms with E-state index in [1.165, 1.54) is 11.1 Å². The van der Waals surface area contributed by atoms with Crippen LogP contribution in [0, 0.1) is 6.92 Å². The number of quaternary nitrogens is 1. The molecule has 0 saturated heterocycles. The van der Waals surface area contributed by atoms with Crippen molar-refractivity contribution in [3.8, 4) is 0 Å². The first-order valence-electron chi connectivity index (χ1n) is 8.53. The topological polar surface area (TPSA) is 45.7 Å². The standard InChI is InChI=1S/C22H22N2O/c1-17-10-8-9-15-20(17)24-21(25)16-23-22(18-11-4-2-5-12-18)19-13-6-3-7-14-19/h2-15,22-23H,16H2,1H3,(H,24,25)/p+1. The van der Waals surface area contributed by atoms with Gasteiger partial charge in [0.05, 0.1) is 0 Å². The van der Waals surface area contributed by atoms with Crippen LogP contribution in [0.1, 0.15) is 22.7 Å². The van der Waals surface area contributed by atoms with Crippen molar-refractivity contribution >= 4 is 11.6 Å². The molecular formula is C22H23N2O+. The van der Waals surface area contributed by atoms with Crippen LogP contribution >= 0.6 is 0 Å². The molecule has 0 fully saturated rings.